The highest BCUT2D eigenvalue weighted by Crippen LogP contribution is 2.28. The van der Waals surface area contributed by atoms with Gasteiger partial charge in [0.15, 0.2) is 0 Å². The average molecular weight is 254 g/mol. The first-order valence-corrected chi connectivity index (χ1v) is 7.23. The standard InChI is InChI=1S/C13H22N2OS/c1-4-12-10(5-6-16-12)11(14)7-13-15-8(2)9(3)17-13/h10-12H,4-7,14H2,1-3H3. The fraction of sp³-hybridized carbons (Fsp3) is 0.769. The maximum atomic E-state index is 6.32. The van der Waals surface area contributed by atoms with Gasteiger partial charge in [-0.25, -0.2) is 4.98 Å². The van der Waals surface area contributed by atoms with Gasteiger partial charge in [-0.1, -0.05) is 6.92 Å². The molecule has 17 heavy (non-hydrogen) atoms. The number of rotatable bonds is 4. The Morgan fingerprint density at radius 3 is 2.88 bits per heavy atom. The summed E-state index contributed by atoms with van der Waals surface area (Å²) < 4.78 is 5.71. The van der Waals surface area contributed by atoms with Crippen molar-refractivity contribution < 1.29 is 4.74 Å². The second kappa shape index (κ2) is 5.46. The van der Waals surface area contributed by atoms with Crippen LogP contribution in [0.2, 0.25) is 0 Å². The molecule has 1 aliphatic heterocycles. The summed E-state index contributed by atoms with van der Waals surface area (Å²) in [4.78, 5) is 5.88. The maximum absolute atomic E-state index is 6.32. The molecule has 3 atom stereocenters. The first kappa shape index (κ1) is 13.0. The van der Waals surface area contributed by atoms with Crippen molar-refractivity contribution in [2.45, 2.75) is 52.2 Å². The molecule has 1 aliphatic rings. The van der Waals surface area contributed by atoms with Gasteiger partial charge >= 0.3 is 0 Å². The van der Waals surface area contributed by atoms with E-state index in [0.717, 1.165) is 31.6 Å². The minimum atomic E-state index is 0.187. The van der Waals surface area contributed by atoms with Crippen molar-refractivity contribution in [3.8, 4) is 0 Å². The monoisotopic (exact) mass is 254 g/mol. The molecule has 4 heteroatoms. The Bertz CT molecular complexity index is 358. The van der Waals surface area contributed by atoms with E-state index in [1.807, 2.05) is 0 Å². The highest BCUT2D eigenvalue weighted by atomic mass is 32.1. The summed E-state index contributed by atoms with van der Waals surface area (Å²) >= 11 is 1.78. The highest BCUT2D eigenvalue weighted by Gasteiger charge is 2.32. The SMILES string of the molecule is CCC1OCCC1C(N)Cc1nc(C)c(C)s1. The molecule has 2 rings (SSSR count). The average Bonchev–Trinajstić information content (AvgIpc) is 2.86. The summed E-state index contributed by atoms with van der Waals surface area (Å²) in [5.41, 5.74) is 7.47. The van der Waals surface area contributed by atoms with E-state index in [1.54, 1.807) is 11.3 Å². The van der Waals surface area contributed by atoms with E-state index in [-0.39, 0.29) is 6.04 Å². The Morgan fingerprint density at radius 2 is 2.29 bits per heavy atom. The fourth-order valence-corrected chi connectivity index (χ4v) is 3.56. The molecule has 0 radical (unpaired) electrons. The quantitative estimate of drug-likeness (QED) is 0.898. The molecule has 3 unspecified atom stereocenters. The summed E-state index contributed by atoms with van der Waals surface area (Å²) in [6, 6.07) is 0.187. The van der Waals surface area contributed by atoms with Crippen LogP contribution in [0.4, 0.5) is 0 Å². The second-order valence-corrected chi connectivity index (χ2v) is 6.17. The van der Waals surface area contributed by atoms with Crippen LogP contribution in [0.15, 0.2) is 0 Å². The van der Waals surface area contributed by atoms with Gasteiger partial charge in [0.2, 0.25) is 0 Å². The first-order chi connectivity index (χ1) is 8.11. The van der Waals surface area contributed by atoms with Crippen molar-refractivity contribution in [2.24, 2.45) is 11.7 Å². The molecule has 1 fully saturated rings. The molecule has 2 N–H and O–H groups in total. The smallest absolute Gasteiger partial charge is 0.0946 e. The zero-order chi connectivity index (χ0) is 12.4. The van der Waals surface area contributed by atoms with Crippen LogP contribution in [0.1, 0.15) is 35.3 Å². The third kappa shape index (κ3) is 2.87. The minimum absolute atomic E-state index is 0.187. The molecule has 1 saturated heterocycles. The van der Waals surface area contributed by atoms with Crippen LogP contribution in [0.5, 0.6) is 0 Å². The third-order valence-electron chi connectivity index (χ3n) is 3.70. The molecule has 0 saturated carbocycles. The van der Waals surface area contributed by atoms with Crippen molar-refractivity contribution in [3.63, 3.8) is 0 Å². The Morgan fingerprint density at radius 1 is 1.53 bits per heavy atom. The number of nitrogens with two attached hydrogens (primary N) is 1. The van der Waals surface area contributed by atoms with Gasteiger partial charge in [0.05, 0.1) is 16.8 Å². The Kier molecular flexibility index (Phi) is 4.17. The summed E-state index contributed by atoms with van der Waals surface area (Å²) in [6.07, 6.45) is 3.41. The van der Waals surface area contributed by atoms with Crippen LogP contribution in [-0.2, 0) is 11.2 Å². The Balaban J connectivity index is 1.98. The molecule has 0 spiro atoms. The highest BCUT2D eigenvalue weighted by molar-refractivity contribution is 7.11. The van der Waals surface area contributed by atoms with Crippen molar-refractivity contribution in [2.75, 3.05) is 6.61 Å². The van der Waals surface area contributed by atoms with Gasteiger partial charge in [-0.05, 0) is 26.7 Å². The topological polar surface area (TPSA) is 48.1 Å². The molecule has 1 aromatic heterocycles. The van der Waals surface area contributed by atoms with Crippen LogP contribution in [0, 0.1) is 19.8 Å². The number of hydrogen-bond donors (Lipinski definition) is 1. The zero-order valence-corrected chi connectivity index (χ0v) is 11.7. The molecule has 0 aliphatic carbocycles. The lowest BCUT2D eigenvalue weighted by Gasteiger charge is -2.22. The van der Waals surface area contributed by atoms with E-state index in [4.69, 9.17) is 10.5 Å². The normalized spacial score (nSPS) is 26.4. The minimum Gasteiger partial charge on any atom is -0.378 e. The van der Waals surface area contributed by atoms with Crippen LogP contribution < -0.4 is 5.73 Å². The van der Waals surface area contributed by atoms with Crippen LogP contribution in [-0.4, -0.2) is 23.7 Å². The van der Waals surface area contributed by atoms with E-state index in [1.165, 1.54) is 9.88 Å². The number of aryl methyl sites for hydroxylation is 2. The van der Waals surface area contributed by atoms with E-state index in [9.17, 15) is 0 Å². The summed E-state index contributed by atoms with van der Waals surface area (Å²) in [7, 11) is 0. The van der Waals surface area contributed by atoms with Gasteiger partial charge in [-0.3, -0.25) is 0 Å². The zero-order valence-electron chi connectivity index (χ0n) is 10.9. The second-order valence-electron chi connectivity index (χ2n) is 4.89. The predicted octanol–water partition coefficient (Wildman–Crippen LogP) is 2.44. The van der Waals surface area contributed by atoms with Crippen LogP contribution in [0.25, 0.3) is 0 Å². The van der Waals surface area contributed by atoms with Crippen LogP contribution in [0.3, 0.4) is 0 Å². The molecule has 3 nitrogen and oxygen atoms in total. The molecule has 0 bridgehead atoms. The van der Waals surface area contributed by atoms with Gasteiger partial charge in [0.1, 0.15) is 0 Å². The lowest BCUT2D eigenvalue weighted by Crippen LogP contribution is -2.36. The van der Waals surface area contributed by atoms with Gasteiger partial charge in [0.25, 0.3) is 0 Å². The molecule has 0 amide bonds. The molecule has 96 valence electrons. The number of hydrogen-bond acceptors (Lipinski definition) is 4. The lowest BCUT2D eigenvalue weighted by atomic mass is 9.90. The molecule has 2 heterocycles. The Labute approximate surface area is 107 Å². The molecule has 1 aromatic rings. The fourth-order valence-electron chi connectivity index (χ4n) is 2.55. The molecular formula is C13H22N2OS. The van der Waals surface area contributed by atoms with Gasteiger partial charge in [0, 0.05) is 29.9 Å². The molecular weight excluding hydrogens is 232 g/mol. The predicted molar refractivity (Wildman–Crippen MR) is 71.4 cm³/mol. The number of aromatic nitrogens is 1. The van der Waals surface area contributed by atoms with Gasteiger partial charge in [-0.15, -0.1) is 11.3 Å². The largest absolute Gasteiger partial charge is 0.378 e. The first-order valence-electron chi connectivity index (χ1n) is 6.42. The maximum Gasteiger partial charge on any atom is 0.0946 e. The van der Waals surface area contributed by atoms with Crippen molar-refractivity contribution >= 4 is 11.3 Å². The van der Waals surface area contributed by atoms with Crippen LogP contribution >= 0.6 is 11.3 Å². The van der Waals surface area contributed by atoms with Gasteiger partial charge in [-0.2, -0.15) is 0 Å². The summed E-state index contributed by atoms with van der Waals surface area (Å²) in [6.45, 7) is 7.23. The molecule has 0 aromatic carbocycles. The van der Waals surface area contributed by atoms with Crippen molar-refractivity contribution in [3.05, 3.63) is 15.6 Å². The number of ether oxygens (including phenoxy) is 1. The van der Waals surface area contributed by atoms with E-state index in [0.29, 0.717) is 12.0 Å². The van der Waals surface area contributed by atoms with Crippen molar-refractivity contribution in [1.29, 1.82) is 0 Å². The van der Waals surface area contributed by atoms with E-state index < -0.39 is 0 Å². The van der Waals surface area contributed by atoms with E-state index in [2.05, 4.69) is 25.8 Å². The Hall–Kier alpha value is -0.450. The lowest BCUT2D eigenvalue weighted by molar-refractivity contribution is 0.0814. The summed E-state index contributed by atoms with van der Waals surface area (Å²) in [5.74, 6) is 0.504. The van der Waals surface area contributed by atoms with Crippen molar-refractivity contribution in [1.82, 2.24) is 4.98 Å². The number of nitrogens with zero attached hydrogens (tertiary/aromatic N) is 1. The summed E-state index contributed by atoms with van der Waals surface area (Å²) in [5, 5.41) is 1.18. The van der Waals surface area contributed by atoms with E-state index >= 15 is 0 Å². The third-order valence-corrected chi connectivity index (χ3v) is 4.79. The van der Waals surface area contributed by atoms with Gasteiger partial charge < -0.3 is 10.5 Å². The number of thiazole rings is 1.